The minimum absolute atomic E-state index is 0.0241. The Kier molecular flexibility index (Phi) is 9.08. The Morgan fingerprint density at radius 2 is 2.02 bits per heavy atom. The fourth-order valence-electron chi connectivity index (χ4n) is 4.47. The van der Waals surface area contributed by atoms with Crippen molar-refractivity contribution < 1.29 is 42.1 Å². The molecule has 0 aliphatic carbocycles. The van der Waals surface area contributed by atoms with E-state index in [0.29, 0.717) is 11.5 Å². The van der Waals surface area contributed by atoms with E-state index in [2.05, 4.69) is 20.1 Å². The minimum Gasteiger partial charge on any atom is -0.480 e. The van der Waals surface area contributed by atoms with Crippen LogP contribution >= 0.6 is 7.75 Å². The number of aliphatic hydroxyl groups excluding tert-OH is 1. The summed E-state index contributed by atoms with van der Waals surface area (Å²) in [5.74, 6) is 0.221. The van der Waals surface area contributed by atoms with Crippen molar-refractivity contribution in [1.82, 2.24) is 9.99 Å². The highest BCUT2D eigenvalue weighted by Crippen LogP contribution is 2.47. The van der Waals surface area contributed by atoms with Gasteiger partial charge in [-0.05, 0) is 46.8 Å². The minimum atomic E-state index is -4.26. The molecule has 0 saturated carbocycles. The Bertz CT molecular complexity index is 1230. The summed E-state index contributed by atoms with van der Waals surface area (Å²) in [7, 11) is -2.81. The summed E-state index contributed by atoms with van der Waals surface area (Å²) in [6, 6.07) is 7.11. The topological polar surface area (TPSA) is 153 Å². The van der Waals surface area contributed by atoms with Crippen molar-refractivity contribution in [3.63, 3.8) is 0 Å². The van der Waals surface area contributed by atoms with Crippen LogP contribution in [-0.2, 0) is 28.1 Å². The Balaban J connectivity index is 1.49. The molecule has 15 heteroatoms. The molecular weight excluding hydrogens is 548 g/mol. The van der Waals surface area contributed by atoms with Crippen LogP contribution in [0.5, 0.6) is 5.75 Å². The highest BCUT2D eigenvalue weighted by atomic mass is 31.2. The van der Waals surface area contributed by atoms with E-state index in [0.717, 1.165) is 0 Å². The lowest BCUT2D eigenvalue weighted by atomic mass is 9.98. The number of alkyl halides is 1. The number of carbonyl (C=O) groups is 1. The number of methoxy groups -OCH3 is 1. The summed E-state index contributed by atoms with van der Waals surface area (Å²) < 4.78 is 57.4. The summed E-state index contributed by atoms with van der Waals surface area (Å²) in [4.78, 5) is 27.0. The van der Waals surface area contributed by atoms with E-state index in [9.17, 15) is 14.5 Å². The molecule has 220 valence electrons. The van der Waals surface area contributed by atoms with Crippen molar-refractivity contribution in [1.29, 1.82) is 0 Å². The molecular formula is C25H35FN5O8P. The molecule has 40 heavy (non-hydrogen) atoms. The monoisotopic (exact) mass is 583 g/mol. The number of rotatable bonds is 10. The first-order valence-corrected chi connectivity index (χ1v) is 14.4. The predicted octanol–water partition coefficient (Wildman–Crippen LogP) is 2.45. The van der Waals surface area contributed by atoms with Gasteiger partial charge in [0.15, 0.2) is 18.1 Å². The Hall–Kier alpha value is -2.74. The third-order valence-corrected chi connectivity index (χ3v) is 8.04. The molecule has 7 atom stereocenters. The molecule has 3 heterocycles. The molecule has 4 rings (SSSR count). The van der Waals surface area contributed by atoms with E-state index in [1.165, 1.54) is 25.9 Å². The molecule has 3 aliphatic rings. The second-order valence-corrected chi connectivity index (χ2v) is 11.7. The van der Waals surface area contributed by atoms with Gasteiger partial charge in [-0.15, -0.1) is 0 Å². The van der Waals surface area contributed by atoms with Gasteiger partial charge in [0.25, 0.3) is 0 Å². The maximum Gasteiger partial charge on any atom is 0.459 e. The quantitative estimate of drug-likeness (QED) is 0.310. The fourth-order valence-corrected chi connectivity index (χ4v) is 5.97. The second kappa shape index (κ2) is 12.0. The highest BCUT2D eigenvalue weighted by Gasteiger charge is 2.59. The van der Waals surface area contributed by atoms with E-state index < -0.39 is 62.7 Å². The third kappa shape index (κ3) is 6.42. The zero-order valence-electron chi connectivity index (χ0n) is 23.2. The number of aliphatic hydroxyl groups is 1. The van der Waals surface area contributed by atoms with Gasteiger partial charge in [-0.3, -0.25) is 14.3 Å². The van der Waals surface area contributed by atoms with Gasteiger partial charge in [-0.2, -0.15) is 10.1 Å². The van der Waals surface area contributed by atoms with Crippen molar-refractivity contribution in [3.05, 3.63) is 30.3 Å². The summed E-state index contributed by atoms with van der Waals surface area (Å²) in [6.07, 6.45) is -5.31. The second-order valence-electron chi connectivity index (χ2n) is 10.0. The van der Waals surface area contributed by atoms with Gasteiger partial charge in [-0.25, -0.2) is 18.8 Å². The van der Waals surface area contributed by atoms with Crippen LogP contribution in [0.25, 0.3) is 0 Å². The lowest BCUT2D eigenvalue weighted by Gasteiger charge is -2.34. The van der Waals surface area contributed by atoms with Crippen LogP contribution in [-0.4, -0.2) is 96.2 Å². The number of halogens is 1. The van der Waals surface area contributed by atoms with Crippen LogP contribution in [0.4, 0.5) is 4.39 Å². The highest BCUT2D eigenvalue weighted by molar-refractivity contribution is 7.52. The van der Waals surface area contributed by atoms with Gasteiger partial charge in [0, 0.05) is 0 Å². The summed E-state index contributed by atoms with van der Waals surface area (Å²) in [5, 5.41) is 13.5. The van der Waals surface area contributed by atoms with Crippen molar-refractivity contribution in [2.45, 2.75) is 77.0 Å². The van der Waals surface area contributed by atoms with E-state index in [-0.39, 0.29) is 18.3 Å². The third-order valence-electron chi connectivity index (χ3n) is 6.40. The van der Waals surface area contributed by atoms with E-state index in [4.69, 9.17) is 23.3 Å². The van der Waals surface area contributed by atoms with Gasteiger partial charge in [-0.1, -0.05) is 18.2 Å². The first-order valence-electron chi connectivity index (χ1n) is 12.8. The van der Waals surface area contributed by atoms with Gasteiger partial charge >= 0.3 is 13.7 Å². The predicted molar refractivity (Wildman–Crippen MR) is 144 cm³/mol. The molecule has 1 fully saturated rings. The largest absolute Gasteiger partial charge is 0.480 e. The van der Waals surface area contributed by atoms with E-state index in [1.807, 2.05) is 0 Å². The molecule has 1 unspecified atom stereocenters. The Morgan fingerprint density at radius 1 is 1.32 bits per heavy atom. The van der Waals surface area contributed by atoms with E-state index >= 15 is 4.39 Å². The molecule has 0 bridgehead atoms. The maximum atomic E-state index is 16.0. The standard InChI is InChI=1S/C25H35FN5O8P/c1-14(2)37-23(33)15(3)30-40(34,39-17-10-8-7-9-11-17)36-12-18-20(32)25(5,26)24(38-18)31-13-27-19-21(31)28-16(4)29-22(19)35-6/h7-11,14-15,18,20-21,24,32H,12-13H2,1-6H3,(H,30,34)/t15-,18+,20-,21?,24+,25+,40-/m0/s1. The number of esters is 1. The number of nitrogens with zero attached hydrogens (tertiary/aromatic N) is 4. The smallest absolute Gasteiger partial charge is 0.459 e. The van der Waals surface area contributed by atoms with Crippen molar-refractivity contribution in [2.24, 2.45) is 15.0 Å². The number of amidine groups is 1. The average Bonchev–Trinajstić information content (AvgIpc) is 3.40. The Labute approximate surface area is 232 Å². The summed E-state index contributed by atoms with van der Waals surface area (Å²) in [6.45, 7) is 7.18. The van der Waals surface area contributed by atoms with Gasteiger partial charge in [0.2, 0.25) is 5.90 Å². The average molecular weight is 584 g/mol. The normalized spacial score (nSPS) is 30.6. The first kappa shape index (κ1) is 30.2. The molecule has 0 aromatic heterocycles. The van der Waals surface area contributed by atoms with E-state index in [1.54, 1.807) is 51.1 Å². The number of para-hydroxylation sites is 1. The summed E-state index contributed by atoms with van der Waals surface area (Å²) >= 11 is 0. The van der Waals surface area contributed by atoms with Crippen molar-refractivity contribution in [2.75, 3.05) is 20.4 Å². The zero-order chi connectivity index (χ0) is 29.2. The number of hydrogen-bond donors (Lipinski definition) is 2. The SMILES string of the molecule is COC1=NC(C)=NC2C1=NCN2[C@@H]1O[C@H](CO[P@@](=O)(N[C@@H](C)C(=O)OC(C)C)Oc2ccccc2)[C@H](O)[C@@]1(C)F. The number of benzene rings is 1. The molecule has 0 radical (unpaired) electrons. The number of fused-ring (bicyclic) bond motifs is 1. The number of hydrogen-bond acceptors (Lipinski definition) is 12. The molecule has 13 nitrogen and oxygen atoms in total. The summed E-state index contributed by atoms with van der Waals surface area (Å²) in [5.41, 5.74) is -1.86. The van der Waals surface area contributed by atoms with Crippen molar-refractivity contribution >= 4 is 31.2 Å². The van der Waals surface area contributed by atoms with Crippen LogP contribution in [0.2, 0.25) is 0 Å². The first-order chi connectivity index (χ1) is 18.8. The van der Waals surface area contributed by atoms with Crippen LogP contribution in [0.15, 0.2) is 45.3 Å². The molecule has 1 aromatic rings. The van der Waals surface area contributed by atoms with Crippen LogP contribution in [0, 0.1) is 0 Å². The van der Waals surface area contributed by atoms with Crippen molar-refractivity contribution in [3.8, 4) is 5.75 Å². The molecule has 1 aromatic carbocycles. The van der Waals surface area contributed by atoms with Gasteiger partial charge in [0.05, 0.1) is 26.5 Å². The number of aliphatic imine (C=N–C) groups is 3. The molecule has 1 saturated heterocycles. The number of ether oxygens (including phenoxy) is 3. The lowest BCUT2D eigenvalue weighted by Crippen LogP contribution is -2.54. The lowest BCUT2D eigenvalue weighted by molar-refractivity contribution is -0.149. The number of carbonyl (C=O) groups excluding carboxylic acids is 1. The van der Waals surface area contributed by atoms with Crippen LogP contribution in [0.1, 0.15) is 34.6 Å². The maximum absolute atomic E-state index is 16.0. The fraction of sp³-hybridized carbons (Fsp3) is 0.600. The zero-order valence-corrected chi connectivity index (χ0v) is 24.1. The Morgan fingerprint density at radius 3 is 2.67 bits per heavy atom. The van der Waals surface area contributed by atoms with Crippen LogP contribution in [0.3, 0.4) is 0 Å². The van der Waals surface area contributed by atoms with Gasteiger partial charge < -0.3 is 23.8 Å². The van der Waals surface area contributed by atoms with Crippen LogP contribution < -0.4 is 9.61 Å². The molecule has 3 aliphatic heterocycles. The molecule has 0 spiro atoms. The molecule has 2 N–H and O–H groups in total. The molecule has 0 amide bonds. The number of nitrogens with one attached hydrogen (secondary N) is 1. The van der Waals surface area contributed by atoms with Gasteiger partial charge in [0.1, 0.15) is 35.5 Å².